The summed E-state index contributed by atoms with van der Waals surface area (Å²) in [5, 5.41) is 9.18. The van der Waals surface area contributed by atoms with Gasteiger partial charge in [0.1, 0.15) is 18.5 Å². The molecule has 0 aliphatic carbocycles. The van der Waals surface area contributed by atoms with Gasteiger partial charge in [-0.15, -0.1) is 0 Å². The maximum atomic E-state index is 9.18. The number of phenols is 1. The van der Waals surface area contributed by atoms with Gasteiger partial charge in [-0.3, -0.25) is 0 Å². The molecule has 0 amide bonds. The highest BCUT2D eigenvalue weighted by Gasteiger charge is 2.19. The molecule has 1 heterocycles. The molecule has 2 rings (SSSR count). The molecule has 1 atom stereocenters. The molecule has 0 spiro atoms. The Balaban J connectivity index is 2.27. The van der Waals surface area contributed by atoms with Crippen molar-refractivity contribution in [3.8, 4) is 17.2 Å². The molecule has 3 N–H and O–H groups in total. The number of ether oxygens (including phenoxy) is 2. The van der Waals surface area contributed by atoms with Crippen molar-refractivity contribution in [3.63, 3.8) is 0 Å². The van der Waals surface area contributed by atoms with E-state index in [1.165, 1.54) is 6.07 Å². The number of rotatable bonds is 1. The minimum absolute atomic E-state index is 0.116. The van der Waals surface area contributed by atoms with Gasteiger partial charge >= 0.3 is 0 Å². The van der Waals surface area contributed by atoms with E-state index in [0.717, 1.165) is 0 Å². The van der Waals surface area contributed by atoms with Crippen LogP contribution in [-0.4, -0.2) is 24.4 Å². The van der Waals surface area contributed by atoms with Crippen LogP contribution in [0.1, 0.15) is 0 Å². The Labute approximate surface area is 75.9 Å². The molecule has 13 heavy (non-hydrogen) atoms. The van der Waals surface area contributed by atoms with Crippen LogP contribution in [0.3, 0.4) is 0 Å². The van der Waals surface area contributed by atoms with E-state index in [1.54, 1.807) is 12.1 Å². The maximum Gasteiger partial charge on any atom is 0.165 e. The Morgan fingerprint density at radius 2 is 2.31 bits per heavy atom. The fourth-order valence-corrected chi connectivity index (χ4v) is 1.22. The zero-order chi connectivity index (χ0) is 9.26. The second kappa shape index (κ2) is 3.14. The van der Waals surface area contributed by atoms with E-state index in [2.05, 4.69) is 0 Å². The van der Waals surface area contributed by atoms with E-state index >= 15 is 0 Å². The van der Waals surface area contributed by atoms with E-state index < -0.39 is 0 Å². The van der Waals surface area contributed by atoms with E-state index in [1.807, 2.05) is 0 Å². The van der Waals surface area contributed by atoms with E-state index in [9.17, 15) is 5.11 Å². The first-order valence-electron chi connectivity index (χ1n) is 4.12. The molecule has 0 saturated carbocycles. The smallest absolute Gasteiger partial charge is 0.165 e. The lowest BCUT2D eigenvalue weighted by atomic mass is 10.2. The molecule has 0 aromatic heterocycles. The number of nitrogens with two attached hydrogens (primary N) is 1. The van der Waals surface area contributed by atoms with Crippen LogP contribution in [0, 0.1) is 0 Å². The number of aromatic hydroxyl groups is 1. The average Bonchev–Trinajstić information content (AvgIpc) is 2.16. The quantitative estimate of drug-likeness (QED) is 0.661. The fourth-order valence-electron chi connectivity index (χ4n) is 1.22. The van der Waals surface area contributed by atoms with Gasteiger partial charge in [0.15, 0.2) is 11.5 Å². The molecule has 4 heteroatoms. The Bertz CT molecular complexity index is 314. The standard InChI is InChI=1S/C9H11NO3/c10-4-7-5-12-8-2-1-6(11)3-9(8)13-7/h1-3,7,11H,4-5,10H2. The van der Waals surface area contributed by atoms with Gasteiger partial charge in [-0.1, -0.05) is 0 Å². The van der Waals surface area contributed by atoms with Crippen molar-refractivity contribution >= 4 is 0 Å². The van der Waals surface area contributed by atoms with Gasteiger partial charge in [0.25, 0.3) is 0 Å². The van der Waals surface area contributed by atoms with E-state index in [0.29, 0.717) is 24.7 Å². The summed E-state index contributed by atoms with van der Waals surface area (Å²) in [6, 6.07) is 4.76. The largest absolute Gasteiger partial charge is 0.508 e. The number of hydrogen-bond acceptors (Lipinski definition) is 4. The average molecular weight is 181 g/mol. The van der Waals surface area contributed by atoms with Crippen molar-refractivity contribution < 1.29 is 14.6 Å². The molecule has 0 radical (unpaired) electrons. The topological polar surface area (TPSA) is 64.7 Å². The second-order valence-electron chi connectivity index (χ2n) is 2.92. The Kier molecular flexibility index (Phi) is 1.98. The molecule has 4 nitrogen and oxygen atoms in total. The molecule has 0 fully saturated rings. The highest BCUT2D eigenvalue weighted by molar-refractivity contribution is 5.45. The van der Waals surface area contributed by atoms with E-state index in [-0.39, 0.29) is 11.9 Å². The van der Waals surface area contributed by atoms with Crippen molar-refractivity contribution in [3.05, 3.63) is 18.2 Å². The van der Waals surface area contributed by atoms with Gasteiger partial charge < -0.3 is 20.3 Å². The van der Waals surface area contributed by atoms with Gasteiger partial charge in [0.05, 0.1) is 0 Å². The summed E-state index contributed by atoms with van der Waals surface area (Å²) in [4.78, 5) is 0. The van der Waals surface area contributed by atoms with E-state index in [4.69, 9.17) is 15.2 Å². The third-order valence-electron chi connectivity index (χ3n) is 1.91. The summed E-state index contributed by atoms with van der Waals surface area (Å²) in [5.41, 5.74) is 5.43. The fraction of sp³-hybridized carbons (Fsp3) is 0.333. The van der Waals surface area contributed by atoms with Crippen LogP contribution in [0.5, 0.6) is 17.2 Å². The van der Waals surface area contributed by atoms with Crippen molar-refractivity contribution in [2.75, 3.05) is 13.2 Å². The minimum Gasteiger partial charge on any atom is -0.508 e. The minimum atomic E-state index is -0.116. The van der Waals surface area contributed by atoms with Gasteiger partial charge in [0, 0.05) is 12.6 Å². The number of hydrogen-bond donors (Lipinski definition) is 2. The van der Waals surface area contributed by atoms with Gasteiger partial charge in [-0.2, -0.15) is 0 Å². The lowest BCUT2D eigenvalue weighted by molar-refractivity contribution is 0.0964. The molecule has 1 aromatic rings. The van der Waals surface area contributed by atoms with Crippen molar-refractivity contribution in [1.29, 1.82) is 0 Å². The molecule has 1 aromatic carbocycles. The van der Waals surface area contributed by atoms with Crippen molar-refractivity contribution in [2.45, 2.75) is 6.10 Å². The SMILES string of the molecule is NCC1COc2ccc(O)cc2O1. The third kappa shape index (κ3) is 1.53. The first kappa shape index (κ1) is 8.19. The Morgan fingerprint density at radius 1 is 1.46 bits per heavy atom. The maximum absolute atomic E-state index is 9.18. The molecular weight excluding hydrogens is 170 g/mol. The number of fused-ring (bicyclic) bond motifs is 1. The highest BCUT2D eigenvalue weighted by atomic mass is 16.6. The van der Waals surface area contributed by atoms with Crippen LogP contribution >= 0.6 is 0 Å². The zero-order valence-electron chi connectivity index (χ0n) is 7.06. The van der Waals surface area contributed by atoms with Crippen LogP contribution in [0.4, 0.5) is 0 Å². The summed E-state index contributed by atoms with van der Waals surface area (Å²) < 4.78 is 10.8. The van der Waals surface area contributed by atoms with Crippen molar-refractivity contribution in [1.82, 2.24) is 0 Å². The predicted molar refractivity (Wildman–Crippen MR) is 47.1 cm³/mol. The summed E-state index contributed by atoms with van der Waals surface area (Å²) in [6.45, 7) is 0.878. The van der Waals surface area contributed by atoms with Gasteiger partial charge in [-0.25, -0.2) is 0 Å². The van der Waals surface area contributed by atoms with Crippen LogP contribution < -0.4 is 15.2 Å². The first-order chi connectivity index (χ1) is 6.29. The van der Waals surface area contributed by atoms with Crippen LogP contribution in [-0.2, 0) is 0 Å². The van der Waals surface area contributed by atoms with Crippen LogP contribution in [0.2, 0.25) is 0 Å². The highest BCUT2D eigenvalue weighted by Crippen LogP contribution is 2.34. The van der Waals surface area contributed by atoms with Gasteiger partial charge in [0.2, 0.25) is 0 Å². The molecule has 1 unspecified atom stereocenters. The first-order valence-corrected chi connectivity index (χ1v) is 4.12. The lowest BCUT2D eigenvalue weighted by Gasteiger charge is -2.25. The summed E-state index contributed by atoms with van der Waals surface area (Å²) in [5.74, 6) is 1.38. The van der Waals surface area contributed by atoms with Crippen molar-refractivity contribution in [2.24, 2.45) is 5.73 Å². The second-order valence-corrected chi connectivity index (χ2v) is 2.92. The Hall–Kier alpha value is -1.42. The van der Waals surface area contributed by atoms with Crippen LogP contribution in [0.25, 0.3) is 0 Å². The van der Waals surface area contributed by atoms with Gasteiger partial charge in [-0.05, 0) is 12.1 Å². The molecule has 0 bridgehead atoms. The van der Waals surface area contributed by atoms with Crippen LogP contribution in [0.15, 0.2) is 18.2 Å². The summed E-state index contributed by atoms with van der Waals surface area (Å²) in [6.07, 6.45) is -0.116. The predicted octanol–water partition coefficient (Wildman–Crippen LogP) is 0.491. The molecular formula is C9H11NO3. The summed E-state index contributed by atoms with van der Waals surface area (Å²) in [7, 11) is 0. The Morgan fingerprint density at radius 3 is 3.08 bits per heavy atom. The number of phenolic OH excluding ortho intramolecular Hbond substituents is 1. The summed E-state index contributed by atoms with van der Waals surface area (Å²) >= 11 is 0. The third-order valence-corrected chi connectivity index (χ3v) is 1.91. The lowest BCUT2D eigenvalue weighted by Crippen LogP contribution is -2.35. The molecule has 0 saturated heterocycles. The molecule has 1 aliphatic rings. The number of benzene rings is 1. The monoisotopic (exact) mass is 181 g/mol. The normalized spacial score (nSPS) is 19.9. The zero-order valence-corrected chi connectivity index (χ0v) is 7.06. The molecule has 1 aliphatic heterocycles. The molecule has 70 valence electrons.